The Labute approximate surface area is 291 Å². The van der Waals surface area contributed by atoms with Gasteiger partial charge in [-0.15, -0.1) is 0 Å². The Kier molecular flexibility index (Phi) is 8.98. The van der Waals surface area contributed by atoms with Crippen molar-refractivity contribution in [3.8, 4) is 55.6 Å². The molecule has 6 aromatic carbocycles. The normalized spacial score (nSPS) is 11.9. The van der Waals surface area contributed by atoms with Crippen LogP contribution in [0.25, 0.3) is 55.6 Å². The second-order valence-electron chi connectivity index (χ2n) is 14.1. The topological polar surface area (TPSA) is 0 Å². The Morgan fingerprint density at radius 2 is 0.609 bits per heavy atom. The zero-order chi connectivity index (χ0) is 32.6. The first kappa shape index (κ1) is 32.2. The van der Waals surface area contributed by atoms with Crippen molar-refractivity contribution < 1.29 is 0 Å². The van der Waals surface area contributed by atoms with Crippen molar-refractivity contribution in [2.75, 3.05) is 0 Å². The average molecular weight is 729 g/mol. The first-order valence-corrected chi connectivity index (χ1v) is 17.5. The van der Waals surface area contributed by atoms with Gasteiger partial charge in [0.25, 0.3) is 0 Å². The zero-order valence-electron chi connectivity index (χ0n) is 27.5. The summed E-state index contributed by atoms with van der Waals surface area (Å²) in [5, 5.41) is 0. The molecule has 6 aromatic rings. The summed E-state index contributed by atoms with van der Waals surface area (Å²) < 4.78 is 2.19. The van der Waals surface area contributed by atoms with Crippen molar-refractivity contribution in [1.82, 2.24) is 0 Å². The zero-order valence-corrected chi connectivity index (χ0v) is 30.6. The van der Waals surface area contributed by atoms with Gasteiger partial charge in [-0.1, -0.05) is 183 Å². The van der Waals surface area contributed by atoms with Crippen LogP contribution < -0.4 is 0 Å². The summed E-state index contributed by atoms with van der Waals surface area (Å²) in [4.78, 5) is 0. The molecular weight excluding hydrogens is 688 g/mol. The van der Waals surface area contributed by atoms with E-state index in [1.165, 1.54) is 66.8 Å². The van der Waals surface area contributed by atoms with Gasteiger partial charge in [0.15, 0.2) is 0 Å². The highest BCUT2D eigenvalue weighted by Gasteiger charge is 2.25. The Hall–Kier alpha value is -3.72. The van der Waals surface area contributed by atoms with Gasteiger partial charge in [-0.05, 0) is 102 Å². The van der Waals surface area contributed by atoms with Gasteiger partial charge in [0.05, 0.1) is 0 Å². The number of hydrogen-bond donors (Lipinski definition) is 0. The first-order valence-electron chi connectivity index (χ1n) is 15.9. The fourth-order valence-electron chi connectivity index (χ4n) is 6.22. The molecule has 0 aliphatic rings. The van der Waals surface area contributed by atoms with Crippen LogP contribution in [-0.2, 0) is 10.8 Å². The highest BCUT2D eigenvalue weighted by Crippen LogP contribution is 2.46. The highest BCUT2D eigenvalue weighted by atomic mass is 79.9. The molecule has 0 aromatic heterocycles. The monoisotopic (exact) mass is 726 g/mol. The predicted molar refractivity (Wildman–Crippen MR) is 206 cm³/mol. The minimum absolute atomic E-state index is 0.0343. The van der Waals surface area contributed by atoms with Gasteiger partial charge < -0.3 is 0 Å². The molecule has 0 nitrogen and oxygen atoms in total. The van der Waals surface area contributed by atoms with Crippen LogP contribution in [0, 0.1) is 0 Å². The largest absolute Gasteiger partial charge is 0.0622 e. The Bertz CT molecular complexity index is 1820. The molecule has 0 aliphatic heterocycles. The summed E-state index contributed by atoms with van der Waals surface area (Å²) in [5.41, 5.74) is 14.8. The fourth-order valence-corrected chi connectivity index (χ4v) is 7.34. The lowest BCUT2D eigenvalue weighted by Crippen LogP contribution is -2.14. The van der Waals surface area contributed by atoms with Crippen molar-refractivity contribution in [3.05, 3.63) is 154 Å². The predicted octanol–water partition coefficient (Wildman–Crippen LogP) is 14.1. The minimum atomic E-state index is -0.0343. The molecule has 0 radical (unpaired) electrons. The molecule has 0 fully saturated rings. The molecular formula is C44H40Br2. The standard InChI is InChI=1S/C44H40Br2/c1-43(2,3)39-27-41(45)37(25-35(39)33-21-17-31(18-22-33)29-13-9-7-10-14-29)38-26-36(40(28-42(38)46)44(4,5)6)34-23-19-32(20-24-34)30-15-11-8-12-16-30/h7-28H,1-6H3. The van der Waals surface area contributed by atoms with Gasteiger partial charge in [0.2, 0.25) is 0 Å². The van der Waals surface area contributed by atoms with Crippen molar-refractivity contribution in [2.45, 2.75) is 52.4 Å². The van der Waals surface area contributed by atoms with Crippen LogP contribution in [0.1, 0.15) is 52.7 Å². The first-order chi connectivity index (χ1) is 21.9. The van der Waals surface area contributed by atoms with E-state index in [1.54, 1.807) is 0 Å². The summed E-state index contributed by atoms with van der Waals surface area (Å²) >= 11 is 8.03. The van der Waals surface area contributed by atoms with Crippen LogP contribution in [0.5, 0.6) is 0 Å². The molecule has 0 unspecified atom stereocenters. The minimum Gasteiger partial charge on any atom is -0.0622 e. The molecule has 0 amide bonds. The van der Waals surface area contributed by atoms with Gasteiger partial charge in [-0.2, -0.15) is 0 Å². The molecule has 0 bridgehead atoms. The van der Waals surface area contributed by atoms with E-state index in [4.69, 9.17) is 0 Å². The molecule has 230 valence electrons. The molecule has 0 saturated heterocycles. The molecule has 6 rings (SSSR count). The molecule has 46 heavy (non-hydrogen) atoms. The average Bonchev–Trinajstić information content (AvgIpc) is 3.05. The van der Waals surface area contributed by atoms with Gasteiger partial charge in [0, 0.05) is 8.95 Å². The fraction of sp³-hybridized carbons (Fsp3) is 0.182. The Balaban J connectivity index is 1.50. The summed E-state index contributed by atoms with van der Waals surface area (Å²) in [6, 6.07) is 48.6. The van der Waals surface area contributed by atoms with Crippen LogP contribution >= 0.6 is 31.9 Å². The van der Waals surface area contributed by atoms with Crippen molar-refractivity contribution in [3.63, 3.8) is 0 Å². The molecule has 0 atom stereocenters. The second kappa shape index (κ2) is 12.8. The maximum atomic E-state index is 4.01. The third-order valence-electron chi connectivity index (χ3n) is 8.73. The lowest BCUT2D eigenvalue weighted by Gasteiger charge is -2.27. The van der Waals surface area contributed by atoms with E-state index < -0.39 is 0 Å². The molecule has 0 spiro atoms. The lowest BCUT2D eigenvalue weighted by atomic mass is 9.79. The quantitative estimate of drug-likeness (QED) is 0.166. The number of halogens is 2. The smallest absolute Gasteiger partial charge is 0.0257 e. The molecule has 0 N–H and O–H groups in total. The van der Waals surface area contributed by atoms with Crippen LogP contribution in [0.4, 0.5) is 0 Å². The Morgan fingerprint density at radius 1 is 0.326 bits per heavy atom. The van der Waals surface area contributed by atoms with Crippen LogP contribution in [0.3, 0.4) is 0 Å². The van der Waals surface area contributed by atoms with E-state index in [0.717, 1.165) is 8.95 Å². The highest BCUT2D eigenvalue weighted by molar-refractivity contribution is 9.11. The maximum absolute atomic E-state index is 4.01. The van der Waals surface area contributed by atoms with Gasteiger partial charge >= 0.3 is 0 Å². The SMILES string of the molecule is CC(C)(C)c1cc(Br)c(-c2cc(-c3ccc(-c4ccccc4)cc3)c(C(C)(C)C)cc2Br)cc1-c1ccc(-c2ccccc2)cc1. The van der Waals surface area contributed by atoms with E-state index in [2.05, 4.69) is 207 Å². The van der Waals surface area contributed by atoms with Gasteiger partial charge in [-0.25, -0.2) is 0 Å². The molecule has 0 saturated carbocycles. The van der Waals surface area contributed by atoms with E-state index in [1.807, 2.05) is 0 Å². The van der Waals surface area contributed by atoms with Crippen LogP contribution in [-0.4, -0.2) is 0 Å². The van der Waals surface area contributed by atoms with Crippen LogP contribution in [0.2, 0.25) is 0 Å². The van der Waals surface area contributed by atoms with E-state index in [0.29, 0.717) is 0 Å². The Morgan fingerprint density at radius 3 is 0.913 bits per heavy atom. The van der Waals surface area contributed by atoms with E-state index >= 15 is 0 Å². The number of hydrogen-bond acceptors (Lipinski definition) is 0. The van der Waals surface area contributed by atoms with Crippen molar-refractivity contribution >= 4 is 31.9 Å². The number of benzene rings is 6. The molecule has 2 heteroatoms. The maximum Gasteiger partial charge on any atom is 0.0257 e. The van der Waals surface area contributed by atoms with Crippen molar-refractivity contribution in [1.29, 1.82) is 0 Å². The third kappa shape index (κ3) is 6.70. The summed E-state index contributed by atoms with van der Waals surface area (Å²) in [7, 11) is 0. The lowest BCUT2D eigenvalue weighted by molar-refractivity contribution is 0.591. The molecule has 0 heterocycles. The van der Waals surface area contributed by atoms with Gasteiger partial charge in [-0.3, -0.25) is 0 Å². The molecule has 0 aliphatic carbocycles. The van der Waals surface area contributed by atoms with E-state index in [-0.39, 0.29) is 10.8 Å². The second-order valence-corrected chi connectivity index (χ2v) is 15.9. The number of rotatable bonds is 5. The summed E-state index contributed by atoms with van der Waals surface area (Å²) in [6.07, 6.45) is 0. The summed E-state index contributed by atoms with van der Waals surface area (Å²) in [5.74, 6) is 0. The third-order valence-corrected chi connectivity index (χ3v) is 10.0. The van der Waals surface area contributed by atoms with Crippen LogP contribution in [0.15, 0.2) is 142 Å². The summed E-state index contributed by atoms with van der Waals surface area (Å²) in [6.45, 7) is 13.8. The van der Waals surface area contributed by atoms with E-state index in [9.17, 15) is 0 Å². The van der Waals surface area contributed by atoms with Crippen molar-refractivity contribution in [2.24, 2.45) is 0 Å². The van der Waals surface area contributed by atoms with Gasteiger partial charge in [0.1, 0.15) is 0 Å².